The summed E-state index contributed by atoms with van der Waals surface area (Å²) >= 11 is 1.75. The van der Waals surface area contributed by atoms with Crippen LogP contribution in [0.25, 0.3) is 0 Å². The van der Waals surface area contributed by atoms with Crippen LogP contribution in [0.15, 0.2) is 0 Å². The molecule has 1 aromatic rings. The average Bonchev–Trinajstić information content (AvgIpc) is 2.57. The first-order chi connectivity index (χ1) is 7.67. The Balaban J connectivity index is 2.29. The molecule has 0 aromatic carbocycles. The maximum absolute atomic E-state index is 4.47. The highest BCUT2D eigenvalue weighted by Gasteiger charge is 2.04. The lowest BCUT2D eigenvalue weighted by Gasteiger charge is -2.19. The number of hydrogen-bond acceptors (Lipinski definition) is 4. The fourth-order valence-electron chi connectivity index (χ4n) is 1.61. The van der Waals surface area contributed by atoms with Gasteiger partial charge in [0.15, 0.2) is 5.13 Å². The summed E-state index contributed by atoms with van der Waals surface area (Å²) in [7, 11) is 0. The second-order valence-electron chi connectivity index (χ2n) is 4.02. The van der Waals surface area contributed by atoms with Crippen LogP contribution >= 0.6 is 11.3 Å². The molecule has 3 nitrogen and oxygen atoms in total. The van der Waals surface area contributed by atoms with Crippen molar-refractivity contribution in [3.8, 4) is 0 Å². The summed E-state index contributed by atoms with van der Waals surface area (Å²) in [6, 6.07) is 0. The van der Waals surface area contributed by atoms with E-state index in [1.807, 2.05) is 0 Å². The Labute approximate surface area is 103 Å². The van der Waals surface area contributed by atoms with Crippen LogP contribution in [0.3, 0.4) is 0 Å². The van der Waals surface area contributed by atoms with Crippen molar-refractivity contribution in [2.45, 2.75) is 34.1 Å². The van der Waals surface area contributed by atoms with E-state index in [1.165, 1.54) is 17.8 Å². The first-order valence-electron chi connectivity index (χ1n) is 6.07. The largest absolute Gasteiger partial charge is 0.360 e. The molecule has 0 atom stereocenters. The topological polar surface area (TPSA) is 28.2 Å². The van der Waals surface area contributed by atoms with E-state index in [9.17, 15) is 0 Å². The van der Waals surface area contributed by atoms with Crippen LogP contribution in [0.4, 0.5) is 5.13 Å². The van der Waals surface area contributed by atoms with Gasteiger partial charge in [-0.3, -0.25) is 0 Å². The molecule has 0 saturated heterocycles. The molecule has 0 bridgehead atoms. The number of nitrogens with zero attached hydrogens (tertiary/aromatic N) is 2. The molecule has 0 spiro atoms. The highest BCUT2D eigenvalue weighted by Crippen LogP contribution is 2.20. The highest BCUT2D eigenvalue weighted by atomic mass is 32.1. The van der Waals surface area contributed by atoms with Crippen LogP contribution in [-0.4, -0.2) is 36.1 Å². The average molecular weight is 241 g/mol. The minimum atomic E-state index is 0.986. The third-order valence-corrected chi connectivity index (χ3v) is 3.75. The fraction of sp³-hybridized carbons (Fsp3) is 0.750. The van der Waals surface area contributed by atoms with E-state index in [0.717, 1.165) is 30.5 Å². The summed E-state index contributed by atoms with van der Waals surface area (Å²) in [5, 5.41) is 4.45. The van der Waals surface area contributed by atoms with Gasteiger partial charge in [0.25, 0.3) is 0 Å². The highest BCUT2D eigenvalue weighted by molar-refractivity contribution is 7.15. The molecule has 0 unspecified atom stereocenters. The minimum Gasteiger partial charge on any atom is -0.360 e. The zero-order valence-corrected chi connectivity index (χ0v) is 11.7. The standard InChI is InChI=1S/C12H23N3S/c1-5-8-15(6-2)9-7-13-12-14-10(3)11(4)16-12/h5-9H2,1-4H3,(H,13,14). The van der Waals surface area contributed by atoms with Crippen LogP contribution in [0.1, 0.15) is 30.8 Å². The molecule has 0 aliphatic heterocycles. The van der Waals surface area contributed by atoms with E-state index >= 15 is 0 Å². The SMILES string of the molecule is CCCN(CC)CCNc1nc(C)c(C)s1. The Morgan fingerprint density at radius 3 is 2.50 bits per heavy atom. The molecule has 0 fully saturated rings. The number of aromatic nitrogens is 1. The van der Waals surface area contributed by atoms with Gasteiger partial charge in [0.05, 0.1) is 5.69 Å². The zero-order valence-electron chi connectivity index (χ0n) is 10.8. The first-order valence-corrected chi connectivity index (χ1v) is 6.89. The Morgan fingerprint density at radius 2 is 2.00 bits per heavy atom. The van der Waals surface area contributed by atoms with Crippen molar-refractivity contribution in [2.75, 3.05) is 31.5 Å². The fourth-order valence-corrected chi connectivity index (χ4v) is 2.45. The number of thiazole rings is 1. The van der Waals surface area contributed by atoms with Crippen LogP contribution in [-0.2, 0) is 0 Å². The summed E-state index contributed by atoms with van der Waals surface area (Å²) in [5.74, 6) is 0. The Morgan fingerprint density at radius 1 is 1.25 bits per heavy atom. The molecule has 0 saturated carbocycles. The van der Waals surface area contributed by atoms with Crippen molar-refractivity contribution in [1.29, 1.82) is 0 Å². The predicted molar refractivity (Wildman–Crippen MR) is 72.5 cm³/mol. The Kier molecular flexibility index (Phi) is 5.77. The monoisotopic (exact) mass is 241 g/mol. The van der Waals surface area contributed by atoms with Gasteiger partial charge in [-0.05, 0) is 33.4 Å². The van der Waals surface area contributed by atoms with Crippen molar-refractivity contribution < 1.29 is 0 Å². The summed E-state index contributed by atoms with van der Waals surface area (Å²) < 4.78 is 0. The summed E-state index contributed by atoms with van der Waals surface area (Å²) in [6.45, 7) is 13.0. The van der Waals surface area contributed by atoms with Gasteiger partial charge >= 0.3 is 0 Å². The molecule has 1 heterocycles. The maximum atomic E-state index is 4.47. The molecule has 0 aliphatic carbocycles. The first kappa shape index (κ1) is 13.5. The molecule has 4 heteroatoms. The van der Waals surface area contributed by atoms with E-state index in [2.05, 4.69) is 42.9 Å². The number of likely N-dealkylation sites (N-methyl/N-ethyl adjacent to an activating group) is 1. The second-order valence-corrected chi connectivity index (χ2v) is 5.22. The normalized spacial score (nSPS) is 11.1. The molecule has 92 valence electrons. The third kappa shape index (κ3) is 4.10. The number of aryl methyl sites for hydroxylation is 2. The number of rotatable bonds is 7. The maximum Gasteiger partial charge on any atom is 0.183 e. The molecular formula is C12H23N3S. The lowest BCUT2D eigenvalue weighted by atomic mass is 10.4. The van der Waals surface area contributed by atoms with Crippen LogP contribution < -0.4 is 5.32 Å². The van der Waals surface area contributed by atoms with Gasteiger partial charge in [-0.25, -0.2) is 4.98 Å². The predicted octanol–water partition coefficient (Wildman–Crippen LogP) is 2.90. The van der Waals surface area contributed by atoms with Gasteiger partial charge in [0, 0.05) is 18.0 Å². The number of nitrogens with one attached hydrogen (secondary N) is 1. The smallest absolute Gasteiger partial charge is 0.183 e. The van der Waals surface area contributed by atoms with Gasteiger partial charge in [-0.1, -0.05) is 13.8 Å². The van der Waals surface area contributed by atoms with Gasteiger partial charge in [-0.2, -0.15) is 0 Å². The molecule has 0 amide bonds. The number of hydrogen-bond donors (Lipinski definition) is 1. The molecule has 0 aliphatic rings. The number of anilines is 1. The molecule has 0 radical (unpaired) electrons. The van der Waals surface area contributed by atoms with Crippen LogP contribution in [0, 0.1) is 13.8 Å². The molecule has 1 rings (SSSR count). The molecular weight excluding hydrogens is 218 g/mol. The van der Waals surface area contributed by atoms with Gasteiger partial charge in [-0.15, -0.1) is 11.3 Å². The van der Waals surface area contributed by atoms with Crippen molar-refractivity contribution in [2.24, 2.45) is 0 Å². The van der Waals surface area contributed by atoms with E-state index in [1.54, 1.807) is 11.3 Å². The lowest BCUT2D eigenvalue weighted by molar-refractivity contribution is 0.300. The Hall–Kier alpha value is -0.610. The molecule has 1 N–H and O–H groups in total. The van der Waals surface area contributed by atoms with Crippen molar-refractivity contribution in [3.05, 3.63) is 10.6 Å². The quantitative estimate of drug-likeness (QED) is 0.795. The van der Waals surface area contributed by atoms with Crippen LogP contribution in [0.5, 0.6) is 0 Å². The van der Waals surface area contributed by atoms with E-state index < -0.39 is 0 Å². The van der Waals surface area contributed by atoms with Crippen molar-refractivity contribution in [3.63, 3.8) is 0 Å². The third-order valence-electron chi connectivity index (χ3n) is 2.72. The second kappa shape index (κ2) is 6.86. The zero-order chi connectivity index (χ0) is 12.0. The molecule has 1 aromatic heterocycles. The summed E-state index contributed by atoms with van der Waals surface area (Å²) in [4.78, 5) is 8.24. The van der Waals surface area contributed by atoms with E-state index in [4.69, 9.17) is 0 Å². The molecule has 16 heavy (non-hydrogen) atoms. The van der Waals surface area contributed by atoms with E-state index in [0.29, 0.717) is 0 Å². The van der Waals surface area contributed by atoms with Gasteiger partial charge < -0.3 is 10.2 Å². The van der Waals surface area contributed by atoms with E-state index in [-0.39, 0.29) is 0 Å². The summed E-state index contributed by atoms with van der Waals surface area (Å²) in [5.41, 5.74) is 1.15. The van der Waals surface area contributed by atoms with Crippen molar-refractivity contribution >= 4 is 16.5 Å². The summed E-state index contributed by atoms with van der Waals surface area (Å²) in [6.07, 6.45) is 1.23. The lowest BCUT2D eigenvalue weighted by Crippen LogP contribution is -2.29. The van der Waals surface area contributed by atoms with Crippen molar-refractivity contribution in [1.82, 2.24) is 9.88 Å². The van der Waals surface area contributed by atoms with Gasteiger partial charge in [0.1, 0.15) is 0 Å². The van der Waals surface area contributed by atoms with Crippen LogP contribution in [0.2, 0.25) is 0 Å². The van der Waals surface area contributed by atoms with Gasteiger partial charge in [0.2, 0.25) is 0 Å². The minimum absolute atomic E-state index is 0.986. The Bertz CT molecular complexity index is 290.